The van der Waals surface area contributed by atoms with Gasteiger partial charge in [-0.15, -0.1) is 0 Å². The molecule has 0 unspecified atom stereocenters. The van der Waals surface area contributed by atoms with Gasteiger partial charge in [0.25, 0.3) is 0 Å². The number of benzene rings is 2. The van der Waals surface area contributed by atoms with Gasteiger partial charge in [0, 0.05) is 12.6 Å². The maximum atomic E-state index is 13.4. The van der Waals surface area contributed by atoms with Crippen LogP contribution in [0, 0.1) is 5.82 Å². The molecule has 0 aliphatic rings. The van der Waals surface area contributed by atoms with Gasteiger partial charge in [-0.3, -0.25) is 4.68 Å². The number of hydrogen-bond acceptors (Lipinski definition) is 2. The zero-order valence-electron chi connectivity index (χ0n) is 11.0. The second-order valence-electron chi connectivity index (χ2n) is 4.61. The maximum absolute atomic E-state index is 13.4. The quantitative estimate of drug-likeness (QED) is 0.772. The summed E-state index contributed by atoms with van der Waals surface area (Å²) in [5, 5.41) is 4.42. The van der Waals surface area contributed by atoms with Gasteiger partial charge in [0.15, 0.2) is 0 Å². The molecule has 0 aliphatic carbocycles. The fraction of sp³-hybridized carbons (Fsp3) is 0.0625. The second-order valence-corrected chi connectivity index (χ2v) is 4.61. The summed E-state index contributed by atoms with van der Waals surface area (Å²) in [5.74, 6) is 0.279. The number of nitrogen functional groups attached to an aromatic ring is 1. The Balaban J connectivity index is 2.25. The molecule has 2 N–H and O–H groups in total. The van der Waals surface area contributed by atoms with Crippen LogP contribution < -0.4 is 5.73 Å². The van der Waals surface area contributed by atoms with Gasteiger partial charge < -0.3 is 5.73 Å². The normalized spacial score (nSPS) is 10.7. The summed E-state index contributed by atoms with van der Waals surface area (Å²) >= 11 is 0. The molecule has 2 aromatic carbocycles. The molecule has 3 aromatic rings. The lowest BCUT2D eigenvalue weighted by Crippen LogP contribution is -1.97. The van der Waals surface area contributed by atoms with E-state index in [0.29, 0.717) is 11.5 Å². The lowest BCUT2D eigenvalue weighted by atomic mass is 10.0. The van der Waals surface area contributed by atoms with Crippen LogP contribution in [0.3, 0.4) is 0 Å². The molecule has 4 heteroatoms. The molecule has 0 saturated heterocycles. The van der Waals surface area contributed by atoms with Crippen molar-refractivity contribution in [2.24, 2.45) is 7.05 Å². The molecule has 1 heterocycles. The van der Waals surface area contributed by atoms with E-state index in [2.05, 4.69) is 5.10 Å². The van der Waals surface area contributed by atoms with Gasteiger partial charge >= 0.3 is 0 Å². The number of hydrogen-bond donors (Lipinski definition) is 1. The zero-order chi connectivity index (χ0) is 14.1. The predicted molar refractivity (Wildman–Crippen MR) is 78.5 cm³/mol. The average molecular weight is 267 g/mol. The lowest BCUT2D eigenvalue weighted by Gasteiger charge is -2.04. The van der Waals surface area contributed by atoms with E-state index in [4.69, 9.17) is 5.73 Å². The summed E-state index contributed by atoms with van der Waals surface area (Å²) in [6, 6.07) is 16.1. The third-order valence-electron chi connectivity index (χ3n) is 3.25. The van der Waals surface area contributed by atoms with E-state index in [9.17, 15) is 4.39 Å². The van der Waals surface area contributed by atoms with E-state index in [1.165, 1.54) is 12.1 Å². The smallest absolute Gasteiger partial charge is 0.129 e. The van der Waals surface area contributed by atoms with E-state index < -0.39 is 0 Å². The Morgan fingerprint density at radius 3 is 2.40 bits per heavy atom. The van der Waals surface area contributed by atoms with Crippen molar-refractivity contribution >= 4 is 5.82 Å². The molecule has 0 spiro atoms. The Kier molecular flexibility index (Phi) is 2.99. The fourth-order valence-corrected chi connectivity index (χ4v) is 2.26. The van der Waals surface area contributed by atoms with Crippen molar-refractivity contribution in [2.75, 3.05) is 5.73 Å². The minimum Gasteiger partial charge on any atom is -0.383 e. The lowest BCUT2D eigenvalue weighted by molar-refractivity contribution is 0.628. The number of rotatable bonds is 2. The van der Waals surface area contributed by atoms with E-state index >= 15 is 0 Å². The van der Waals surface area contributed by atoms with Crippen molar-refractivity contribution in [3.8, 4) is 22.4 Å². The number of aryl methyl sites for hydroxylation is 1. The first-order valence-electron chi connectivity index (χ1n) is 6.30. The van der Waals surface area contributed by atoms with E-state index in [0.717, 1.165) is 16.7 Å². The van der Waals surface area contributed by atoms with Crippen molar-refractivity contribution in [1.29, 1.82) is 0 Å². The summed E-state index contributed by atoms with van der Waals surface area (Å²) < 4.78 is 15.0. The maximum Gasteiger partial charge on any atom is 0.129 e. The molecule has 0 aliphatic heterocycles. The van der Waals surface area contributed by atoms with Crippen LogP contribution >= 0.6 is 0 Å². The van der Waals surface area contributed by atoms with Crippen molar-refractivity contribution in [1.82, 2.24) is 9.78 Å². The highest BCUT2D eigenvalue weighted by Crippen LogP contribution is 2.35. The Morgan fingerprint density at radius 2 is 1.70 bits per heavy atom. The molecule has 3 nitrogen and oxygen atoms in total. The molecule has 0 amide bonds. The van der Waals surface area contributed by atoms with Gasteiger partial charge in [0.1, 0.15) is 17.3 Å². The highest BCUT2D eigenvalue weighted by atomic mass is 19.1. The molecule has 0 bridgehead atoms. The highest BCUT2D eigenvalue weighted by molar-refractivity contribution is 5.88. The van der Waals surface area contributed by atoms with Gasteiger partial charge in [0.05, 0.1) is 5.56 Å². The summed E-state index contributed by atoms with van der Waals surface area (Å²) in [7, 11) is 1.78. The van der Waals surface area contributed by atoms with Crippen molar-refractivity contribution in [2.45, 2.75) is 0 Å². The van der Waals surface area contributed by atoms with Crippen LogP contribution in [0.5, 0.6) is 0 Å². The van der Waals surface area contributed by atoms with Gasteiger partial charge in [-0.05, 0) is 17.7 Å². The molecule has 100 valence electrons. The topological polar surface area (TPSA) is 43.8 Å². The van der Waals surface area contributed by atoms with Crippen LogP contribution in [0.15, 0.2) is 54.6 Å². The van der Waals surface area contributed by atoms with Crippen molar-refractivity contribution in [3.05, 3.63) is 60.4 Å². The van der Waals surface area contributed by atoms with Crippen LogP contribution in [0.1, 0.15) is 0 Å². The summed E-state index contributed by atoms with van der Waals surface area (Å²) in [5.41, 5.74) is 9.33. The third kappa shape index (κ3) is 2.05. The molecule has 0 saturated carbocycles. The summed E-state index contributed by atoms with van der Waals surface area (Å²) in [4.78, 5) is 0. The fourth-order valence-electron chi connectivity index (χ4n) is 2.26. The van der Waals surface area contributed by atoms with E-state index in [1.54, 1.807) is 17.8 Å². The van der Waals surface area contributed by atoms with E-state index in [-0.39, 0.29) is 5.82 Å². The molecule has 3 rings (SSSR count). The monoisotopic (exact) mass is 267 g/mol. The van der Waals surface area contributed by atoms with Gasteiger partial charge in [0.2, 0.25) is 0 Å². The van der Waals surface area contributed by atoms with Crippen LogP contribution in [0.2, 0.25) is 0 Å². The molecular formula is C16H14FN3. The van der Waals surface area contributed by atoms with Crippen LogP contribution in [0.4, 0.5) is 10.2 Å². The minimum atomic E-state index is -0.286. The number of anilines is 1. The van der Waals surface area contributed by atoms with Crippen LogP contribution in [-0.2, 0) is 7.05 Å². The summed E-state index contributed by atoms with van der Waals surface area (Å²) in [6.07, 6.45) is 0. The van der Waals surface area contributed by atoms with Crippen LogP contribution in [0.25, 0.3) is 22.4 Å². The zero-order valence-corrected chi connectivity index (χ0v) is 11.0. The molecule has 0 fully saturated rings. The number of aromatic nitrogens is 2. The SMILES string of the molecule is Cn1nc(-c2cccc(F)c2)c(-c2ccccc2)c1N. The number of nitrogens with two attached hydrogens (primary N) is 1. The first-order chi connectivity index (χ1) is 9.66. The Bertz CT molecular complexity index is 748. The molecule has 20 heavy (non-hydrogen) atoms. The van der Waals surface area contributed by atoms with Crippen molar-refractivity contribution < 1.29 is 4.39 Å². The predicted octanol–water partition coefficient (Wildman–Crippen LogP) is 3.48. The molecule has 1 aromatic heterocycles. The first kappa shape index (κ1) is 12.4. The molecular weight excluding hydrogens is 253 g/mol. The average Bonchev–Trinajstić information content (AvgIpc) is 2.76. The third-order valence-corrected chi connectivity index (χ3v) is 3.25. The minimum absolute atomic E-state index is 0.286. The van der Waals surface area contributed by atoms with E-state index in [1.807, 2.05) is 36.4 Å². The standard InChI is InChI=1S/C16H14FN3/c1-20-16(18)14(11-6-3-2-4-7-11)15(19-20)12-8-5-9-13(17)10-12/h2-10H,18H2,1H3. The first-order valence-corrected chi connectivity index (χ1v) is 6.30. The Hall–Kier alpha value is -2.62. The summed E-state index contributed by atoms with van der Waals surface area (Å²) in [6.45, 7) is 0. The molecule has 0 atom stereocenters. The van der Waals surface area contributed by atoms with Gasteiger partial charge in [-0.25, -0.2) is 4.39 Å². The Labute approximate surface area is 116 Å². The Morgan fingerprint density at radius 1 is 1.00 bits per heavy atom. The molecule has 0 radical (unpaired) electrons. The number of halogens is 1. The van der Waals surface area contributed by atoms with Gasteiger partial charge in [-0.1, -0.05) is 42.5 Å². The second kappa shape index (κ2) is 4.81. The number of nitrogens with zero attached hydrogens (tertiary/aromatic N) is 2. The van der Waals surface area contributed by atoms with Crippen LogP contribution in [-0.4, -0.2) is 9.78 Å². The largest absolute Gasteiger partial charge is 0.383 e. The van der Waals surface area contributed by atoms with Crippen molar-refractivity contribution in [3.63, 3.8) is 0 Å². The van der Waals surface area contributed by atoms with Gasteiger partial charge in [-0.2, -0.15) is 5.10 Å². The highest BCUT2D eigenvalue weighted by Gasteiger charge is 2.17.